The van der Waals surface area contributed by atoms with Gasteiger partial charge in [0, 0.05) is 23.4 Å². The highest BCUT2D eigenvalue weighted by atomic mass is 35.5. The van der Waals surface area contributed by atoms with Crippen LogP contribution in [-0.2, 0) is 4.79 Å². The van der Waals surface area contributed by atoms with Gasteiger partial charge in [0.15, 0.2) is 5.78 Å². The number of halogens is 1. The number of carbonyl (C=O) groups excluding carboxylic acids is 2. The van der Waals surface area contributed by atoms with Crippen molar-refractivity contribution in [1.82, 2.24) is 5.32 Å². The lowest BCUT2D eigenvalue weighted by atomic mass is 10.1. The molecular formula is C20H22ClNO3. The molecule has 0 saturated carbocycles. The third-order valence-electron chi connectivity index (χ3n) is 3.81. The summed E-state index contributed by atoms with van der Waals surface area (Å²) in [6, 6.07) is 14.2. The Hall–Kier alpha value is -2.33. The van der Waals surface area contributed by atoms with Crippen LogP contribution in [0.15, 0.2) is 48.5 Å². The number of nitrogens with one attached hydrogen (secondary N) is 1. The lowest BCUT2D eigenvalue weighted by Crippen LogP contribution is -2.26. The molecule has 4 nitrogen and oxygen atoms in total. The molecule has 0 radical (unpaired) electrons. The van der Waals surface area contributed by atoms with E-state index in [9.17, 15) is 9.59 Å². The van der Waals surface area contributed by atoms with Gasteiger partial charge in [0.25, 0.3) is 0 Å². The first-order valence-electron chi connectivity index (χ1n) is 8.30. The van der Waals surface area contributed by atoms with Gasteiger partial charge in [-0.25, -0.2) is 0 Å². The fourth-order valence-electron chi connectivity index (χ4n) is 2.42. The average Bonchev–Trinajstić information content (AvgIpc) is 2.61. The smallest absolute Gasteiger partial charge is 0.220 e. The van der Waals surface area contributed by atoms with Crippen molar-refractivity contribution in [1.29, 1.82) is 0 Å². The summed E-state index contributed by atoms with van der Waals surface area (Å²) in [7, 11) is 0. The zero-order valence-electron chi connectivity index (χ0n) is 14.4. The van der Waals surface area contributed by atoms with Gasteiger partial charge in [0.05, 0.1) is 12.6 Å². The number of ether oxygens (including phenoxy) is 1. The maximum atomic E-state index is 12.2. The van der Waals surface area contributed by atoms with Crippen LogP contribution in [0.2, 0.25) is 5.02 Å². The van der Waals surface area contributed by atoms with Gasteiger partial charge in [-0.15, -0.1) is 0 Å². The molecule has 2 rings (SSSR count). The Labute approximate surface area is 153 Å². The highest BCUT2D eigenvalue weighted by Crippen LogP contribution is 2.17. The lowest BCUT2D eigenvalue weighted by molar-refractivity contribution is -0.121. The molecule has 0 aliphatic rings. The summed E-state index contributed by atoms with van der Waals surface area (Å²) in [5.41, 5.74) is 1.55. The number of Topliss-reactive ketones (excluding diaryl/α,β-unsaturated/α-hetero) is 1. The molecular weight excluding hydrogens is 338 g/mol. The van der Waals surface area contributed by atoms with Crippen LogP contribution in [0.5, 0.6) is 5.75 Å². The van der Waals surface area contributed by atoms with E-state index in [1.54, 1.807) is 36.4 Å². The average molecular weight is 360 g/mol. The van der Waals surface area contributed by atoms with Crippen molar-refractivity contribution in [2.45, 2.75) is 32.7 Å². The van der Waals surface area contributed by atoms with E-state index in [1.807, 2.05) is 26.0 Å². The molecule has 0 saturated heterocycles. The molecule has 0 bridgehead atoms. The molecule has 0 heterocycles. The predicted molar refractivity (Wildman–Crippen MR) is 99.2 cm³/mol. The first kappa shape index (κ1) is 19.0. The second kappa shape index (κ2) is 9.23. The molecule has 0 aromatic heterocycles. The highest BCUT2D eigenvalue weighted by Gasteiger charge is 2.12. The maximum Gasteiger partial charge on any atom is 0.220 e. The third-order valence-corrected chi connectivity index (χ3v) is 4.07. The molecule has 25 heavy (non-hydrogen) atoms. The van der Waals surface area contributed by atoms with E-state index in [0.717, 1.165) is 11.3 Å². The normalized spacial score (nSPS) is 11.6. The van der Waals surface area contributed by atoms with Crippen molar-refractivity contribution in [3.8, 4) is 5.75 Å². The van der Waals surface area contributed by atoms with Crippen LogP contribution >= 0.6 is 11.6 Å². The number of benzene rings is 2. The molecule has 2 aromatic carbocycles. The lowest BCUT2D eigenvalue weighted by Gasteiger charge is -2.14. The minimum Gasteiger partial charge on any atom is -0.494 e. The van der Waals surface area contributed by atoms with Gasteiger partial charge in [-0.2, -0.15) is 0 Å². The van der Waals surface area contributed by atoms with Gasteiger partial charge in [-0.05, 0) is 55.8 Å². The summed E-state index contributed by atoms with van der Waals surface area (Å²) >= 11 is 5.86. The second-order valence-corrected chi connectivity index (χ2v) is 6.16. The molecule has 1 unspecified atom stereocenters. The highest BCUT2D eigenvalue weighted by molar-refractivity contribution is 6.30. The SMILES string of the molecule is CCOc1ccc(C(=O)CCC(=O)NC(C)c2ccc(Cl)cc2)cc1. The number of rotatable bonds is 8. The molecule has 5 heteroatoms. The molecule has 1 amide bonds. The first-order chi connectivity index (χ1) is 12.0. The minimum absolute atomic E-state index is 0.0580. The molecule has 2 aromatic rings. The van der Waals surface area contributed by atoms with Crippen LogP contribution in [0.25, 0.3) is 0 Å². The summed E-state index contributed by atoms with van der Waals surface area (Å²) in [5, 5.41) is 3.55. The van der Waals surface area contributed by atoms with Gasteiger partial charge in [-0.3, -0.25) is 9.59 Å². The van der Waals surface area contributed by atoms with Crippen molar-refractivity contribution in [3.63, 3.8) is 0 Å². The predicted octanol–water partition coefficient (Wildman–Crippen LogP) is 4.58. The fraction of sp³-hybridized carbons (Fsp3) is 0.300. The summed E-state index contributed by atoms with van der Waals surface area (Å²) in [6.07, 6.45) is 0.330. The molecule has 0 fully saturated rings. The summed E-state index contributed by atoms with van der Waals surface area (Å²) in [4.78, 5) is 24.2. The van der Waals surface area contributed by atoms with Gasteiger partial charge in [-0.1, -0.05) is 23.7 Å². The Morgan fingerprint density at radius 1 is 1.04 bits per heavy atom. The molecule has 0 aliphatic heterocycles. The third kappa shape index (κ3) is 5.91. The van der Waals surface area contributed by atoms with Crippen LogP contribution in [0.4, 0.5) is 0 Å². The van der Waals surface area contributed by atoms with Crippen LogP contribution in [0, 0.1) is 0 Å². The molecule has 0 spiro atoms. The number of amides is 1. The standard InChI is InChI=1S/C20H22ClNO3/c1-3-25-18-10-6-16(7-11-18)19(23)12-13-20(24)22-14(2)15-4-8-17(21)9-5-15/h4-11,14H,3,12-13H2,1-2H3,(H,22,24). The van der Waals surface area contributed by atoms with E-state index in [0.29, 0.717) is 17.2 Å². The molecule has 132 valence electrons. The molecule has 0 aliphatic carbocycles. The Morgan fingerprint density at radius 3 is 2.28 bits per heavy atom. The zero-order valence-corrected chi connectivity index (χ0v) is 15.2. The fourth-order valence-corrected chi connectivity index (χ4v) is 2.55. The van der Waals surface area contributed by atoms with Crippen molar-refractivity contribution < 1.29 is 14.3 Å². The van der Waals surface area contributed by atoms with E-state index in [-0.39, 0.29) is 30.6 Å². The molecule has 1 atom stereocenters. The maximum absolute atomic E-state index is 12.2. The summed E-state index contributed by atoms with van der Waals surface area (Å²) in [6.45, 7) is 4.39. The largest absolute Gasteiger partial charge is 0.494 e. The second-order valence-electron chi connectivity index (χ2n) is 5.72. The van der Waals surface area contributed by atoms with Crippen molar-refractivity contribution in [2.75, 3.05) is 6.61 Å². The van der Waals surface area contributed by atoms with Gasteiger partial charge < -0.3 is 10.1 Å². The van der Waals surface area contributed by atoms with Crippen LogP contribution in [0.1, 0.15) is 48.7 Å². The number of ketones is 1. The molecule has 1 N–H and O–H groups in total. The van der Waals surface area contributed by atoms with E-state index >= 15 is 0 Å². The van der Waals surface area contributed by atoms with Crippen LogP contribution in [0.3, 0.4) is 0 Å². The van der Waals surface area contributed by atoms with Crippen molar-refractivity contribution in [3.05, 3.63) is 64.7 Å². The number of hydrogen-bond acceptors (Lipinski definition) is 3. The van der Waals surface area contributed by atoms with Gasteiger partial charge in [0.1, 0.15) is 5.75 Å². The summed E-state index contributed by atoms with van der Waals surface area (Å²) < 4.78 is 5.35. The Bertz CT molecular complexity index is 711. The monoisotopic (exact) mass is 359 g/mol. The van der Waals surface area contributed by atoms with E-state index in [1.165, 1.54) is 0 Å². The van der Waals surface area contributed by atoms with E-state index in [2.05, 4.69) is 5.32 Å². The van der Waals surface area contributed by atoms with Crippen molar-refractivity contribution >= 4 is 23.3 Å². The van der Waals surface area contributed by atoms with Gasteiger partial charge >= 0.3 is 0 Å². The quantitative estimate of drug-likeness (QED) is 0.702. The van der Waals surface area contributed by atoms with Crippen molar-refractivity contribution in [2.24, 2.45) is 0 Å². The van der Waals surface area contributed by atoms with E-state index in [4.69, 9.17) is 16.3 Å². The minimum atomic E-state index is -0.151. The number of carbonyl (C=O) groups is 2. The zero-order chi connectivity index (χ0) is 18.2. The van der Waals surface area contributed by atoms with Crippen LogP contribution < -0.4 is 10.1 Å². The Balaban J connectivity index is 1.82. The Kier molecular flexibility index (Phi) is 7.02. The topological polar surface area (TPSA) is 55.4 Å². The Morgan fingerprint density at radius 2 is 1.68 bits per heavy atom. The van der Waals surface area contributed by atoms with Crippen LogP contribution in [-0.4, -0.2) is 18.3 Å². The van der Waals surface area contributed by atoms with E-state index < -0.39 is 0 Å². The first-order valence-corrected chi connectivity index (χ1v) is 8.68. The number of hydrogen-bond donors (Lipinski definition) is 1. The van der Waals surface area contributed by atoms with Gasteiger partial charge in [0.2, 0.25) is 5.91 Å². The summed E-state index contributed by atoms with van der Waals surface area (Å²) in [5.74, 6) is 0.521.